The lowest BCUT2D eigenvalue weighted by Crippen LogP contribution is -2.43. The van der Waals surface area contributed by atoms with E-state index in [2.05, 4.69) is 37.9 Å². The van der Waals surface area contributed by atoms with Crippen molar-refractivity contribution in [2.75, 3.05) is 19.6 Å². The molecule has 1 atom stereocenters. The molecular weight excluding hydrogens is 208 g/mol. The first-order valence-electron chi connectivity index (χ1n) is 7.54. The van der Waals surface area contributed by atoms with Crippen LogP contribution in [-0.4, -0.2) is 36.1 Å². The Labute approximate surface area is 108 Å². The van der Waals surface area contributed by atoms with Crippen molar-refractivity contribution in [2.45, 2.75) is 77.8 Å². The zero-order valence-electron chi connectivity index (χ0n) is 12.4. The summed E-state index contributed by atoms with van der Waals surface area (Å²) in [5, 5.41) is 3.66. The molecule has 0 saturated carbocycles. The van der Waals surface area contributed by atoms with Crippen molar-refractivity contribution in [1.82, 2.24) is 10.2 Å². The smallest absolute Gasteiger partial charge is 0.0154 e. The molecule has 2 nitrogen and oxygen atoms in total. The fourth-order valence-electron chi connectivity index (χ4n) is 2.83. The largest absolute Gasteiger partial charge is 0.313 e. The number of hydrogen-bond donors (Lipinski definition) is 1. The lowest BCUT2D eigenvalue weighted by Gasteiger charge is -2.32. The fourth-order valence-corrected chi connectivity index (χ4v) is 2.83. The highest BCUT2D eigenvalue weighted by molar-refractivity contribution is 4.87. The molecule has 1 N–H and O–H groups in total. The van der Waals surface area contributed by atoms with Crippen LogP contribution in [0.5, 0.6) is 0 Å². The third-order valence-electron chi connectivity index (χ3n) is 4.19. The molecule has 2 heteroatoms. The second-order valence-corrected chi connectivity index (χ2v) is 6.25. The van der Waals surface area contributed by atoms with Gasteiger partial charge in [0.15, 0.2) is 0 Å². The first-order chi connectivity index (χ1) is 8.06. The minimum absolute atomic E-state index is 0.438. The van der Waals surface area contributed by atoms with Gasteiger partial charge in [-0.15, -0.1) is 0 Å². The van der Waals surface area contributed by atoms with E-state index >= 15 is 0 Å². The van der Waals surface area contributed by atoms with E-state index in [9.17, 15) is 0 Å². The van der Waals surface area contributed by atoms with E-state index in [1.807, 2.05) is 0 Å². The van der Waals surface area contributed by atoms with Gasteiger partial charge in [-0.05, 0) is 46.6 Å². The quantitative estimate of drug-likeness (QED) is 0.654. The van der Waals surface area contributed by atoms with Crippen LogP contribution >= 0.6 is 0 Å². The molecule has 0 aromatic heterocycles. The van der Waals surface area contributed by atoms with Crippen LogP contribution in [0, 0.1) is 0 Å². The van der Waals surface area contributed by atoms with Gasteiger partial charge >= 0.3 is 0 Å². The van der Waals surface area contributed by atoms with Crippen molar-refractivity contribution in [3.8, 4) is 0 Å². The Morgan fingerprint density at radius 2 is 2.06 bits per heavy atom. The van der Waals surface area contributed by atoms with E-state index in [1.54, 1.807) is 0 Å². The maximum absolute atomic E-state index is 3.66. The number of likely N-dealkylation sites (tertiary alicyclic amines) is 1. The molecular formula is C15H32N2. The summed E-state index contributed by atoms with van der Waals surface area (Å²) in [5.74, 6) is 0. The Balaban J connectivity index is 2.07. The van der Waals surface area contributed by atoms with Gasteiger partial charge in [0.2, 0.25) is 0 Å². The summed E-state index contributed by atoms with van der Waals surface area (Å²) >= 11 is 0. The molecule has 1 unspecified atom stereocenters. The molecule has 1 heterocycles. The van der Waals surface area contributed by atoms with E-state index in [-0.39, 0.29) is 0 Å². The van der Waals surface area contributed by atoms with Gasteiger partial charge in [-0.1, -0.05) is 26.2 Å². The molecule has 0 amide bonds. The molecule has 0 aromatic rings. The second kappa shape index (κ2) is 7.38. The molecule has 1 rings (SSSR count). The summed E-state index contributed by atoms with van der Waals surface area (Å²) in [6.07, 6.45) is 8.15. The van der Waals surface area contributed by atoms with Crippen molar-refractivity contribution < 1.29 is 0 Å². The van der Waals surface area contributed by atoms with Crippen LogP contribution in [0.15, 0.2) is 0 Å². The molecule has 17 heavy (non-hydrogen) atoms. The highest BCUT2D eigenvalue weighted by Crippen LogP contribution is 2.27. The maximum Gasteiger partial charge on any atom is 0.0154 e. The van der Waals surface area contributed by atoms with Gasteiger partial charge in [0.25, 0.3) is 0 Å². The Morgan fingerprint density at radius 1 is 1.29 bits per heavy atom. The Hall–Kier alpha value is -0.0800. The highest BCUT2D eigenvalue weighted by Gasteiger charge is 2.30. The number of unbranched alkanes of at least 4 members (excludes halogenated alkanes) is 2. The summed E-state index contributed by atoms with van der Waals surface area (Å²) in [5.41, 5.74) is 0.438. The van der Waals surface area contributed by atoms with E-state index in [0.29, 0.717) is 11.6 Å². The van der Waals surface area contributed by atoms with Crippen LogP contribution in [0.4, 0.5) is 0 Å². The number of nitrogens with one attached hydrogen (secondary N) is 1. The zero-order chi connectivity index (χ0) is 12.7. The van der Waals surface area contributed by atoms with Crippen molar-refractivity contribution in [3.63, 3.8) is 0 Å². The Kier molecular flexibility index (Phi) is 6.50. The molecule has 0 bridgehead atoms. The van der Waals surface area contributed by atoms with Gasteiger partial charge in [-0.3, -0.25) is 4.90 Å². The summed E-state index contributed by atoms with van der Waals surface area (Å²) in [7, 11) is 0. The minimum atomic E-state index is 0.438. The van der Waals surface area contributed by atoms with Gasteiger partial charge in [0, 0.05) is 24.7 Å². The minimum Gasteiger partial charge on any atom is -0.313 e. The van der Waals surface area contributed by atoms with Gasteiger partial charge in [-0.25, -0.2) is 0 Å². The van der Waals surface area contributed by atoms with E-state index in [4.69, 9.17) is 0 Å². The van der Waals surface area contributed by atoms with Gasteiger partial charge in [-0.2, -0.15) is 0 Å². The van der Waals surface area contributed by atoms with Crippen LogP contribution < -0.4 is 5.32 Å². The molecule has 0 aliphatic carbocycles. The normalized spacial score (nSPS) is 21.9. The van der Waals surface area contributed by atoms with Crippen LogP contribution in [0.3, 0.4) is 0 Å². The zero-order valence-corrected chi connectivity index (χ0v) is 12.4. The van der Waals surface area contributed by atoms with Crippen LogP contribution in [-0.2, 0) is 0 Å². The molecule has 0 spiro atoms. The number of rotatable bonds is 8. The van der Waals surface area contributed by atoms with Crippen molar-refractivity contribution in [1.29, 1.82) is 0 Å². The summed E-state index contributed by atoms with van der Waals surface area (Å²) in [4.78, 5) is 2.64. The molecule has 102 valence electrons. The molecule has 0 radical (unpaired) electrons. The lowest BCUT2D eigenvalue weighted by atomic mass is 10.0. The number of nitrogens with zero attached hydrogens (tertiary/aromatic N) is 1. The second-order valence-electron chi connectivity index (χ2n) is 6.25. The van der Waals surface area contributed by atoms with E-state index < -0.39 is 0 Å². The predicted molar refractivity (Wildman–Crippen MR) is 76.5 cm³/mol. The summed E-state index contributed by atoms with van der Waals surface area (Å²) in [6.45, 7) is 13.0. The molecule has 1 aliphatic heterocycles. The van der Waals surface area contributed by atoms with E-state index in [1.165, 1.54) is 51.6 Å². The number of hydrogen-bond acceptors (Lipinski definition) is 2. The van der Waals surface area contributed by atoms with Crippen LogP contribution in [0.1, 0.15) is 66.2 Å². The van der Waals surface area contributed by atoms with Crippen molar-refractivity contribution in [2.24, 2.45) is 0 Å². The average molecular weight is 240 g/mol. The summed E-state index contributed by atoms with van der Waals surface area (Å²) in [6, 6.07) is 0.687. The molecule has 1 aliphatic rings. The van der Waals surface area contributed by atoms with Crippen molar-refractivity contribution >= 4 is 0 Å². The first-order valence-corrected chi connectivity index (χ1v) is 7.54. The fraction of sp³-hybridized carbons (Fsp3) is 1.00. The third-order valence-corrected chi connectivity index (χ3v) is 4.19. The predicted octanol–water partition coefficient (Wildman–Crippen LogP) is 3.42. The highest BCUT2D eigenvalue weighted by atomic mass is 15.2. The van der Waals surface area contributed by atoms with Crippen LogP contribution in [0.2, 0.25) is 0 Å². The molecule has 0 aromatic carbocycles. The first kappa shape index (κ1) is 15.0. The third kappa shape index (κ3) is 5.39. The van der Waals surface area contributed by atoms with Crippen LogP contribution in [0.25, 0.3) is 0 Å². The average Bonchev–Trinajstić information content (AvgIpc) is 2.59. The van der Waals surface area contributed by atoms with Gasteiger partial charge in [0.1, 0.15) is 0 Å². The van der Waals surface area contributed by atoms with Gasteiger partial charge in [0.05, 0.1) is 0 Å². The summed E-state index contributed by atoms with van der Waals surface area (Å²) < 4.78 is 0. The van der Waals surface area contributed by atoms with E-state index in [0.717, 1.165) is 6.54 Å². The van der Waals surface area contributed by atoms with Gasteiger partial charge < -0.3 is 5.32 Å². The maximum atomic E-state index is 3.66. The monoisotopic (exact) mass is 240 g/mol. The SMILES string of the molecule is CCCCCC(C)NCCN1CCCC1(C)C. The molecule has 1 fully saturated rings. The Bertz CT molecular complexity index is 201. The standard InChI is InChI=1S/C15H32N2/c1-5-6-7-9-14(2)16-11-13-17-12-8-10-15(17,3)4/h14,16H,5-13H2,1-4H3. The molecule has 1 saturated heterocycles. The lowest BCUT2D eigenvalue weighted by molar-refractivity contribution is 0.174. The van der Waals surface area contributed by atoms with Crippen molar-refractivity contribution in [3.05, 3.63) is 0 Å². The Morgan fingerprint density at radius 3 is 2.65 bits per heavy atom. The topological polar surface area (TPSA) is 15.3 Å².